The van der Waals surface area contributed by atoms with Crippen molar-refractivity contribution in [3.63, 3.8) is 0 Å². The summed E-state index contributed by atoms with van der Waals surface area (Å²) in [5.74, 6) is -2.87. The van der Waals surface area contributed by atoms with Crippen molar-refractivity contribution in [1.82, 2.24) is 14.9 Å². The van der Waals surface area contributed by atoms with Crippen molar-refractivity contribution in [2.75, 3.05) is 32.7 Å². The summed E-state index contributed by atoms with van der Waals surface area (Å²) in [4.78, 5) is 21.7. The summed E-state index contributed by atoms with van der Waals surface area (Å²) in [6, 6.07) is 34.9. The van der Waals surface area contributed by atoms with E-state index in [9.17, 15) is 18.4 Å². The summed E-state index contributed by atoms with van der Waals surface area (Å²) in [5, 5.41) is 20.6. The molecule has 0 amide bonds. The Kier molecular flexibility index (Phi) is 13.8. The molecule has 0 spiro atoms. The van der Waals surface area contributed by atoms with Crippen LogP contribution >= 0.6 is 0 Å². The van der Waals surface area contributed by atoms with Gasteiger partial charge in [-0.3, -0.25) is 0 Å². The van der Waals surface area contributed by atoms with E-state index in [2.05, 4.69) is 75.6 Å². The summed E-state index contributed by atoms with van der Waals surface area (Å²) in [6.07, 6.45) is 3.05. The molecule has 0 bridgehead atoms. The van der Waals surface area contributed by atoms with Crippen LogP contribution in [0.5, 0.6) is 0 Å². The van der Waals surface area contributed by atoms with Gasteiger partial charge in [0.25, 0.3) is 0 Å². The SMILES string of the molecule is Fc1ccc(C(CCCN2CCN(Cc3ccccc3)N(Cc3ccccc3)CC2)c2ccc(F)cc2)cc1.O=C(O)C=CC(=O)O. The Bertz CT molecular complexity index is 1440. The molecule has 9 heteroatoms. The maximum absolute atomic E-state index is 13.6. The lowest BCUT2D eigenvalue weighted by molar-refractivity contribution is -0.134. The number of benzene rings is 4. The van der Waals surface area contributed by atoms with Crippen LogP contribution in [0.25, 0.3) is 0 Å². The summed E-state index contributed by atoms with van der Waals surface area (Å²) >= 11 is 0. The first-order chi connectivity index (χ1) is 22.8. The van der Waals surface area contributed by atoms with E-state index in [0.29, 0.717) is 12.2 Å². The van der Waals surface area contributed by atoms with Crippen LogP contribution in [0.3, 0.4) is 0 Å². The molecule has 0 atom stereocenters. The lowest BCUT2D eigenvalue weighted by atomic mass is 9.87. The van der Waals surface area contributed by atoms with Gasteiger partial charge in [0.2, 0.25) is 0 Å². The lowest BCUT2D eigenvalue weighted by Gasteiger charge is -2.33. The van der Waals surface area contributed by atoms with Gasteiger partial charge in [-0.1, -0.05) is 84.9 Å². The van der Waals surface area contributed by atoms with E-state index in [0.717, 1.165) is 69.8 Å². The first kappa shape index (κ1) is 35.2. The van der Waals surface area contributed by atoms with Gasteiger partial charge in [-0.2, -0.15) is 0 Å². The van der Waals surface area contributed by atoms with Crippen LogP contribution in [0.2, 0.25) is 0 Å². The second-order valence-electron chi connectivity index (χ2n) is 11.4. The number of hydrazine groups is 1. The first-order valence-electron chi connectivity index (χ1n) is 15.7. The molecule has 1 fully saturated rings. The van der Waals surface area contributed by atoms with Crippen molar-refractivity contribution in [1.29, 1.82) is 0 Å². The van der Waals surface area contributed by atoms with Gasteiger partial charge in [0.15, 0.2) is 0 Å². The molecule has 1 saturated heterocycles. The van der Waals surface area contributed by atoms with Gasteiger partial charge in [-0.15, -0.1) is 0 Å². The summed E-state index contributed by atoms with van der Waals surface area (Å²) < 4.78 is 27.2. The fourth-order valence-electron chi connectivity index (χ4n) is 5.66. The minimum atomic E-state index is -1.26. The second-order valence-corrected chi connectivity index (χ2v) is 11.4. The molecule has 0 radical (unpaired) electrons. The molecule has 0 unspecified atom stereocenters. The van der Waals surface area contributed by atoms with Crippen LogP contribution in [-0.2, 0) is 22.7 Å². The van der Waals surface area contributed by atoms with Crippen molar-refractivity contribution < 1.29 is 28.6 Å². The number of nitrogens with zero attached hydrogens (tertiary/aromatic N) is 3. The van der Waals surface area contributed by atoms with Gasteiger partial charge >= 0.3 is 11.9 Å². The van der Waals surface area contributed by atoms with E-state index in [-0.39, 0.29) is 17.6 Å². The fraction of sp³-hybridized carbons (Fsp3) is 0.263. The fourth-order valence-corrected chi connectivity index (χ4v) is 5.66. The molecular weight excluding hydrogens is 600 g/mol. The zero-order valence-electron chi connectivity index (χ0n) is 26.3. The highest BCUT2D eigenvalue weighted by Gasteiger charge is 2.23. The number of rotatable bonds is 12. The van der Waals surface area contributed by atoms with Crippen molar-refractivity contribution in [3.8, 4) is 0 Å². The molecule has 5 rings (SSSR count). The molecule has 2 N–H and O–H groups in total. The number of carboxylic acids is 2. The summed E-state index contributed by atoms with van der Waals surface area (Å²) in [5.41, 5.74) is 4.79. The van der Waals surface area contributed by atoms with E-state index in [1.54, 1.807) is 0 Å². The lowest BCUT2D eigenvalue weighted by Crippen LogP contribution is -2.42. The smallest absolute Gasteiger partial charge is 0.328 e. The summed E-state index contributed by atoms with van der Waals surface area (Å²) in [7, 11) is 0. The van der Waals surface area contributed by atoms with Crippen LogP contribution < -0.4 is 0 Å². The maximum Gasteiger partial charge on any atom is 0.328 e. The predicted molar refractivity (Wildman–Crippen MR) is 178 cm³/mol. The number of hydrogen-bond acceptors (Lipinski definition) is 5. The normalized spacial score (nSPS) is 14.4. The highest BCUT2D eigenvalue weighted by atomic mass is 19.1. The first-order valence-corrected chi connectivity index (χ1v) is 15.7. The zero-order chi connectivity index (χ0) is 33.4. The molecule has 4 aromatic carbocycles. The van der Waals surface area contributed by atoms with Crippen molar-refractivity contribution in [2.24, 2.45) is 0 Å². The van der Waals surface area contributed by atoms with E-state index in [4.69, 9.17) is 10.2 Å². The Hall–Kier alpha value is -4.70. The van der Waals surface area contributed by atoms with E-state index in [1.807, 2.05) is 24.3 Å². The van der Waals surface area contributed by atoms with Crippen LogP contribution in [0, 0.1) is 11.6 Å². The van der Waals surface area contributed by atoms with Crippen molar-refractivity contribution in [3.05, 3.63) is 155 Å². The maximum atomic E-state index is 13.6. The molecule has 1 aliphatic heterocycles. The highest BCUT2D eigenvalue weighted by molar-refractivity contribution is 5.89. The topological polar surface area (TPSA) is 84.3 Å². The van der Waals surface area contributed by atoms with Crippen LogP contribution in [0.4, 0.5) is 8.78 Å². The van der Waals surface area contributed by atoms with Gasteiger partial charge in [0, 0.05) is 57.3 Å². The quantitative estimate of drug-likeness (QED) is 0.164. The van der Waals surface area contributed by atoms with Crippen LogP contribution in [-0.4, -0.2) is 69.8 Å². The van der Waals surface area contributed by atoms with E-state index >= 15 is 0 Å². The van der Waals surface area contributed by atoms with E-state index in [1.165, 1.54) is 35.4 Å². The third-order valence-electron chi connectivity index (χ3n) is 8.04. The van der Waals surface area contributed by atoms with Crippen molar-refractivity contribution in [2.45, 2.75) is 31.8 Å². The predicted octanol–water partition coefficient (Wildman–Crippen LogP) is 6.82. The second kappa shape index (κ2) is 18.4. The standard InChI is InChI=1S/C34H37F2N3.C4H4O4/c35-32-17-13-30(14-18-32)34(31-15-19-33(36)20-16-31)12-7-21-37-22-24-38(26-28-8-3-1-4-9-28)39(25-23-37)27-29-10-5-2-6-11-29;5-3(6)1-2-4(7)8/h1-6,8-11,13-20,34H,7,12,21-27H2;1-2H,(H,5,6)(H,7,8). The van der Waals surface area contributed by atoms with Crippen LogP contribution in [0.15, 0.2) is 121 Å². The number of halogens is 2. The molecule has 1 heterocycles. The molecular formula is C38H41F2N3O4. The minimum Gasteiger partial charge on any atom is -0.478 e. The Morgan fingerprint density at radius 3 is 1.40 bits per heavy atom. The molecule has 0 aromatic heterocycles. The minimum absolute atomic E-state index is 0.113. The van der Waals surface area contributed by atoms with E-state index < -0.39 is 11.9 Å². The zero-order valence-corrected chi connectivity index (χ0v) is 26.3. The number of aliphatic carboxylic acids is 2. The number of carbonyl (C=O) groups is 2. The Morgan fingerprint density at radius 2 is 1.02 bits per heavy atom. The third-order valence-corrected chi connectivity index (χ3v) is 8.04. The molecule has 4 aromatic rings. The summed E-state index contributed by atoms with van der Waals surface area (Å²) in [6.45, 7) is 6.77. The van der Waals surface area contributed by atoms with Crippen LogP contribution in [0.1, 0.15) is 41.0 Å². The highest BCUT2D eigenvalue weighted by Crippen LogP contribution is 2.30. The van der Waals surface area contributed by atoms with Gasteiger partial charge in [-0.05, 0) is 65.9 Å². The number of carboxylic acid groups (broad SMARTS) is 2. The van der Waals surface area contributed by atoms with Gasteiger partial charge in [0.1, 0.15) is 11.6 Å². The molecule has 0 saturated carbocycles. The molecule has 7 nitrogen and oxygen atoms in total. The average molecular weight is 642 g/mol. The molecule has 0 aliphatic carbocycles. The molecule has 47 heavy (non-hydrogen) atoms. The number of hydrogen-bond donors (Lipinski definition) is 2. The van der Waals surface area contributed by atoms with Crippen molar-refractivity contribution >= 4 is 11.9 Å². The average Bonchev–Trinajstić information content (AvgIpc) is 3.26. The Morgan fingerprint density at radius 1 is 0.617 bits per heavy atom. The molecule has 1 aliphatic rings. The Balaban J connectivity index is 0.000000555. The largest absolute Gasteiger partial charge is 0.478 e. The monoisotopic (exact) mass is 641 g/mol. The van der Waals surface area contributed by atoms with Gasteiger partial charge in [-0.25, -0.2) is 28.4 Å². The third kappa shape index (κ3) is 12.2. The van der Waals surface area contributed by atoms with Gasteiger partial charge in [0.05, 0.1) is 0 Å². The Labute approximate surface area is 275 Å². The molecule has 246 valence electrons. The van der Waals surface area contributed by atoms with Gasteiger partial charge < -0.3 is 15.1 Å².